The molecule has 16 aromatic rings. The van der Waals surface area contributed by atoms with E-state index in [-0.39, 0.29) is 20.1 Å². The molecule has 0 aliphatic carbocycles. The van der Waals surface area contributed by atoms with Crippen molar-refractivity contribution in [3.63, 3.8) is 0 Å². The van der Waals surface area contributed by atoms with Gasteiger partial charge in [-0.25, -0.2) is 0 Å². The van der Waals surface area contributed by atoms with Crippen molar-refractivity contribution in [2.24, 2.45) is 0 Å². The molecule has 0 atom stereocenters. The predicted octanol–water partition coefficient (Wildman–Crippen LogP) is 25.2. The van der Waals surface area contributed by atoms with Crippen molar-refractivity contribution < 1.29 is 20.1 Å². The van der Waals surface area contributed by atoms with Gasteiger partial charge in [-0.05, 0) is 191 Å². The van der Waals surface area contributed by atoms with Gasteiger partial charge in [0.25, 0.3) is 0 Å². The molecule has 4 heteroatoms. The van der Waals surface area contributed by atoms with E-state index in [1.165, 1.54) is 33.4 Å². The Morgan fingerprint density at radius 1 is 0.190 bits per heavy atom. The third kappa shape index (κ3) is 13.3. The standard InChI is InChI=1S/C96H66N3.Ir/c1-64-49-94(79-40-22-37-76(55-79)73-34-19-31-70(52-73)67-25-7-4-8-26-67)97-61-91(64)88-46-16-13-43-85(88)82-58-83(86-44-14-17-47-89(86)92-62-98-95(50-65(92)2)80-41-23-38-77(56-80)74-35-20-32-71(53-74)68-27-9-5-10-28-68)60-84(59-82)87-45-15-18-48-90(87)93-63-99-96(51-66(93)3)81-42-24-39-78(57-81)75-36-21-33-72(54-75)69-29-11-6-12-30-69;/h4-39,43-63H,1-3H3;/q-3;+3. The second kappa shape index (κ2) is 28.6. The second-order valence-electron chi connectivity index (χ2n) is 25.4. The molecule has 0 spiro atoms. The molecular formula is C96H66IrN3. The molecule has 474 valence electrons. The fourth-order valence-corrected chi connectivity index (χ4v) is 13.9. The SMILES string of the molecule is Cc1cc(-c2[c-]ccc(-c3cccc(-c4ccccc4)c3)c2)ncc1-c1ccccc1-c1cc(-c2ccccc2-c2cnc(-c3[c-]ccc(-c4cccc(-c5ccccc5)c4)c3)cc2C)cc(-c2ccccc2-c2cnc(-c3[c-]ccc(-c4cccc(-c5ccccc5)c4)c3)cc2C)c1.[Ir+3]. The van der Waals surface area contributed by atoms with E-state index < -0.39 is 0 Å². The molecule has 0 unspecified atom stereocenters. The summed E-state index contributed by atoms with van der Waals surface area (Å²) in [6.45, 7) is 6.59. The van der Waals surface area contributed by atoms with Gasteiger partial charge >= 0.3 is 20.1 Å². The molecule has 100 heavy (non-hydrogen) atoms. The van der Waals surface area contributed by atoms with Crippen molar-refractivity contribution in [2.45, 2.75) is 20.8 Å². The van der Waals surface area contributed by atoms with Crippen LogP contribution in [0.2, 0.25) is 0 Å². The minimum absolute atomic E-state index is 0. The summed E-state index contributed by atoms with van der Waals surface area (Å²) in [5.41, 5.74) is 35.7. The molecule has 0 N–H and O–H groups in total. The first kappa shape index (κ1) is 64.0. The number of rotatable bonds is 15. The first-order chi connectivity index (χ1) is 48.8. The van der Waals surface area contributed by atoms with Gasteiger partial charge in [0.1, 0.15) is 0 Å². The summed E-state index contributed by atoms with van der Waals surface area (Å²) in [5.74, 6) is 0. The van der Waals surface area contributed by atoms with Crippen LogP contribution in [0.5, 0.6) is 0 Å². The van der Waals surface area contributed by atoms with E-state index in [2.05, 4.69) is 348 Å². The van der Waals surface area contributed by atoms with Crippen molar-refractivity contribution >= 4 is 0 Å². The molecule has 16 rings (SSSR count). The second-order valence-corrected chi connectivity index (χ2v) is 25.4. The number of pyridine rings is 3. The molecule has 13 aromatic carbocycles. The number of benzene rings is 13. The number of nitrogens with zero attached hydrogens (tertiary/aromatic N) is 3. The Hall–Kier alpha value is -12.0. The molecule has 0 saturated carbocycles. The molecule has 3 nitrogen and oxygen atoms in total. The first-order valence-electron chi connectivity index (χ1n) is 33.7. The molecule has 3 aromatic heterocycles. The van der Waals surface area contributed by atoms with E-state index in [1.807, 2.05) is 36.8 Å². The summed E-state index contributed by atoms with van der Waals surface area (Å²) in [6, 6.07) is 127. The zero-order valence-corrected chi connectivity index (χ0v) is 58.0. The van der Waals surface area contributed by atoms with Crippen LogP contribution in [-0.2, 0) is 20.1 Å². The van der Waals surface area contributed by atoms with Crippen molar-refractivity contribution in [3.05, 3.63) is 381 Å². The van der Waals surface area contributed by atoms with Crippen LogP contribution in [0, 0.1) is 39.0 Å². The van der Waals surface area contributed by atoms with Crippen LogP contribution in [0.15, 0.2) is 346 Å². The Bertz CT molecular complexity index is 5090. The minimum atomic E-state index is 0. The van der Waals surface area contributed by atoms with Crippen LogP contribution in [0.25, 0.3) is 167 Å². The van der Waals surface area contributed by atoms with E-state index in [4.69, 9.17) is 15.0 Å². The predicted molar refractivity (Wildman–Crippen MR) is 412 cm³/mol. The van der Waals surface area contributed by atoms with Crippen molar-refractivity contribution in [2.75, 3.05) is 0 Å². The monoisotopic (exact) mass is 1450 g/mol. The van der Waals surface area contributed by atoms with Crippen LogP contribution >= 0.6 is 0 Å². The largest absolute Gasteiger partial charge is 3.00 e. The van der Waals surface area contributed by atoms with Gasteiger partial charge in [-0.3, -0.25) is 0 Å². The number of hydrogen-bond acceptors (Lipinski definition) is 3. The van der Waals surface area contributed by atoms with E-state index in [0.29, 0.717) is 0 Å². The minimum Gasteiger partial charge on any atom is -0.304 e. The third-order valence-electron chi connectivity index (χ3n) is 19.0. The van der Waals surface area contributed by atoms with Gasteiger partial charge in [0, 0.05) is 35.3 Å². The molecule has 0 aliphatic rings. The van der Waals surface area contributed by atoms with Gasteiger partial charge in [-0.1, -0.05) is 237 Å². The molecule has 3 heterocycles. The van der Waals surface area contributed by atoms with Gasteiger partial charge in [-0.2, -0.15) is 0 Å². The maximum atomic E-state index is 5.23. The van der Waals surface area contributed by atoms with E-state index in [1.54, 1.807) is 0 Å². The summed E-state index contributed by atoms with van der Waals surface area (Å²) in [4.78, 5) is 15.7. The van der Waals surface area contributed by atoms with Gasteiger partial charge in [0.15, 0.2) is 0 Å². The summed E-state index contributed by atoms with van der Waals surface area (Å²) in [6.07, 6.45) is 6.13. The zero-order valence-electron chi connectivity index (χ0n) is 55.6. The Morgan fingerprint density at radius 2 is 0.410 bits per heavy atom. The Labute approximate surface area is 600 Å². The Balaban J connectivity index is 0.00000812. The molecule has 0 aliphatic heterocycles. The van der Waals surface area contributed by atoms with E-state index in [0.717, 1.165) is 151 Å². The Kier molecular flexibility index (Phi) is 18.3. The van der Waals surface area contributed by atoms with Gasteiger partial charge in [-0.15, -0.1) is 106 Å². The molecule has 0 radical (unpaired) electrons. The molecule has 0 saturated heterocycles. The number of aromatic nitrogens is 3. The average molecular weight is 1450 g/mol. The fourth-order valence-electron chi connectivity index (χ4n) is 13.9. The first-order valence-corrected chi connectivity index (χ1v) is 33.7. The number of aryl methyl sites for hydroxylation is 3. The molecule has 0 amide bonds. The van der Waals surface area contributed by atoms with Gasteiger partial charge in [0.2, 0.25) is 0 Å². The van der Waals surface area contributed by atoms with Crippen LogP contribution in [0.3, 0.4) is 0 Å². The maximum absolute atomic E-state index is 5.23. The summed E-state index contributed by atoms with van der Waals surface area (Å²) >= 11 is 0. The molecule has 0 bridgehead atoms. The number of hydrogen-bond donors (Lipinski definition) is 0. The summed E-state index contributed by atoms with van der Waals surface area (Å²) < 4.78 is 0. The van der Waals surface area contributed by atoms with Crippen LogP contribution in [0.1, 0.15) is 16.7 Å². The van der Waals surface area contributed by atoms with Crippen molar-refractivity contribution in [1.82, 2.24) is 15.0 Å². The van der Waals surface area contributed by atoms with Crippen molar-refractivity contribution in [1.29, 1.82) is 0 Å². The van der Waals surface area contributed by atoms with Crippen LogP contribution < -0.4 is 0 Å². The fraction of sp³-hybridized carbons (Fsp3) is 0.0312. The van der Waals surface area contributed by atoms with Gasteiger partial charge in [0.05, 0.1) is 0 Å². The average Bonchev–Trinajstić information content (AvgIpc) is 0.763. The smallest absolute Gasteiger partial charge is 0.304 e. The summed E-state index contributed by atoms with van der Waals surface area (Å²) in [5, 5.41) is 0. The van der Waals surface area contributed by atoms with Gasteiger partial charge < -0.3 is 15.0 Å². The zero-order chi connectivity index (χ0) is 66.6. The van der Waals surface area contributed by atoms with Crippen LogP contribution in [-0.4, -0.2) is 15.0 Å². The summed E-state index contributed by atoms with van der Waals surface area (Å²) in [7, 11) is 0. The maximum Gasteiger partial charge on any atom is 3.00 e. The topological polar surface area (TPSA) is 38.7 Å². The van der Waals surface area contributed by atoms with Crippen molar-refractivity contribution in [3.8, 4) is 167 Å². The Morgan fingerprint density at radius 3 is 0.680 bits per heavy atom. The normalized spacial score (nSPS) is 11.1. The third-order valence-corrected chi connectivity index (χ3v) is 19.0. The van der Waals surface area contributed by atoms with E-state index >= 15 is 0 Å². The van der Waals surface area contributed by atoms with E-state index in [9.17, 15) is 0 Å². The molecular weight excluding hydrogens is 1390 g/mol. The van der Waals surface area contributed by atoms with Crippen LogP contribution in [0.4, 0.5) is 0 Å². The quantitative estimate of drug-likeness (QED) is 0.0960. The molecule has 0 fully saturated rings.